The standard InChI is InChI=1S/C16H25F3O4/c1-15(2,3)23-14(22)12(7-10-8-16(18,19)9-10)11(13(20)21)5-4-6-17/h10-12H,4-9H2,1-3H3,(H,20,21)/t11-,12+/m1/s1. The first-order valence-corrected chi connectivity index (χ1v) is 7.84. The molecule has 0 aromatic heterocycles. The Labute approximate surface area is 134 Å². The van der Waals surface area contributed by atoms with Crippen molar-refractivity contribution in [1.82, 2.24) is 0 Å². The maximum absolute atomic E-state index is 13.0. The van der Waals surface area contributed by atoms with Crippen LogP contribution < -0.4 is 0 Å². The van der Waals surface area contributed by atoms with Crippen molar-refractivity contribution in [3.05, 3.63) is 0 Å². The molecule has 0 bridgehead atoms. The van der Waals surface area contributed by atoms with Gasteiger partial charge in [0.15, 0.2) is 0 Å². The third-order valence-electron chi connectivity index (χ3n) is 3.92. The van der Waals surface area contributed by atoms with Gasteiger partial charge in [-0.2, -0.15) is 0 Å². The second-order valence-corrected chi connectivity index (χ2v) is 7.28. The first kappa shape index (κ1) is 19.8. The molecule has 4 nitrogen and oxygen atoms in total. The van der Waals surface area contributed by atoms with Gasteiger partial charge in [0.2, 0.25) is 5.92 Å². The van der Waals surface area contributed by atoms with E-state index in [2.05, 4.69) is 0 Å². The summed E-state index contributed by atoms with van der Waals surface area (Å²) >= 11 is 0. The highest BCUT2D eigenvalue weighted by molar-refractivity contribution is 5.81. The third-order valence-corrected chi connectivity index (χ3v) is 3.92. The van der Waals surface area contributed by atoms with Gasteiger partial charge in [-0.25, -0.2) is 8.78 Å². The number of halogens is 3. The third kappa shape index (κ3) is 6.39. The second-order valence-electron chi connectivity index (χ2n) is 7.28. The molecule has 0 unspecified atom stereocenters. The van der Waals surface area contributed by atoms with Gasteiger partial charge in [0.05, 0.1) is 18.5 Å². The van der Waals surface area contributed by atoms with Gasteiger partial charge in [-0.05, 0) is 46.0 Å². The van der Waals surface area contributed by atoms with E-state index >= 15 is 0 Å². The predicted octanol–water partition coefficient (Wildman–Crippen LogP) is 3.83. The zero-order valence-corrected chi connectivity index (χ0v) is 13.8. The van der Waals surface area contributed by atoms with Crippen molar-refractivity contribution in [2.75, 3.05) is 6.67 Å². The van der Waals surface area contributed by atoms with Crippen LogP contribution in [0.4, 0.5) is 13.2 Å². The molecule has 7 heteroatoms. The molecular weight excluding hydrogens is 313 g/mol. The van der Waals surface area contributed by atoms with Crippen molar-refractivity contribution >= 4 is 11.9 Å². The van der Waals surface area contributed by atoms with Crippen molar-refractivity contribution in [2.24, 2.45) is 17.8 Å². The van der Waals surface area contributed by atoms with E-state index in [1.807, 2.05) is 0 Å². The summed E-state index contributed by atoms with van der Waals surface area (Å²) in [7, 11) is 0. The fourth-order valence-electron chi connectivity index (χ4n) is 2.91. The highest BCUT2D eigenvalue weighted by atomic mass is 19.3. The minimum absolute atomic E-state index is 0.0110. The van der Waals surface area contributed by atoms with Crippen molar-refractivity contribution in [2.45, 2.75) is 64.4 Å². The largest absolute Gasteiger partial charge is 0.481 e. The van der Waals surface area contributed by atoms with E-state index in [1.54, 1.807) is 20.8 Å². The summed E-state index contributed by atoms with van der Waals surface area (Å²) < 4.78 is 43.6. The number of esters is 1. The van der Waals surface area contributed by atoms with Crippen LogP contribution in [0.3, 0.4) is 0 Å². The summed E-state index contributed by atoms with van der Waals surface area (Å²) in [4.78, 5) is 23.8. The molecule has 0 aromatic rings. The minimum atomic E-state index is -2.74. The number of carboxylic acid groups (broad SMARTS) is 1. The fourth-order valence-corrected chi connectivity index (χ4v) is 2.91. The molecule has 134 valence electrons. The number of carboxylic acids is 1. The number of hydrogen-bond acceptors (Lipinski definition) is 3. The SMILES string of the molecule is CC(C)(C)OC(=O)[C@@H](CC1CC(F)(F)C1)[C@@H](CCCF)C(=O)O. The molecule has 0 aliphatic heterocycles. The number of hydrogen-bond donors (Lipinski definition) is 1. The Morgan fingerprint density at radius 3 is 2.22 bits per heavy atom. The maximum atomic E-state index is 13.0. The molecule has 1 rings (SSSR count). The topological polar surface area (TPSA) is 63.6 Å². The summed E-state index contributed by atoms with van der Waals surface area (Å²) in [6.07, 6.45) is -0.660. The van der Waals surface area contributed by atoms with E-state index in [0.29, 0.717) is 0 Å². The number of alkyl halides is 3. The summed E-state index contributed by atoms with van der Waals surface area (Å²) in [6.45, 7) is 4.26. The smallest absolute Gasteiger partial charge is 0.310 e. The molecule has 1 aliphatic rings. The van der Waals surface area contributed by atoms with E-state index in [0.717, 1.165) is 0 Å². The number of aliphatic carboxylic acids is 1. The van der Waals surface area contributed by atoms with E-state index in [-0.39, 0.29) is 32.1 Å². The first-order valence-electron chi connectivity index (χ1n) is 7.84. The Morgan fingerprint density at radius 1 is 1.26 bits per heavy atom. The molecule has 2 atom stereocenters. The lowest BCUT2D eigenvalue weighted by Gasteiger charge is -2.38. The van der Waals surface area contributed by atoms with Gasteiger partial charge < -0.3 is 9.84 Å². The summed E-state index contributed by atoms with van der Waals surface area (Å²) in [5.41, 5.74) is -0.804. The highest BCUT2D eigenvalue weighted by Gasteiger charge is 2.48. The Balaban J connectivity index is 2.85. The molecule has 1 saturated carbocycles. The maximum Gasteiger partial charge on any atom is 0.310 e. The van der Waals surface area contributed by atoms with Crippen LogP contribution in [0.1, 0.15) is 52.9 Å². The average molecular weight is 338 g/mol. The molecule has 0 saturated heterocycles. The van der Waals surface area contributed by atoms with Gasteiger partial charge in [0, 0.05) is 12.8 Å². The van der Waals surface area contributed by atoms with Crippen LogP contribution in [0.25, 0.3) is 0 Å². The minimum Gasteiger partial charge on any atom is -0.481 e. The monoisotopic (exact) mass is 338 g/mol. The molecule has 1 fully saturated rings. The average Bonchev–Trinajstić information content (AvgIpc) is 2.32. The molecule has 1 N–H and O–H groups in total. The van der Waals surface area contributed by atoms with Gasteiger partial charge in [0.25, 0.3) is 0 Å². The normalized spacial score (nSPS) is 20.4. The zero-order valence-electron chi connectivity index (χ0n) is 13.8. The Bertz CT molecular complexity index is 424. The predicted molar refractivity (Wildman–Crippen MR) is 78.0 cm³/mol. The van der Waals surface area contributed by atoms with Crippen LogP contribution in [-0.2, 0) is 14.3 Å². The van der Waals surface area contributed by atoms with Gasteiger partial charge in [0.1, 0.15) is 5.60 Å². The van der Waals surface area contributed by atoms with Crippen LogP contribution >= 0.6 is 0 Å². The van der Waals surface area contributed by atoms with Crippen molar-refractivity contribution in [3.8, 4) is 0 Å². The van der Waals surface area contributed by atoms with Gasteiger partial charge >= 0.3 is 11.9 Å². The molecule has 0 amide bonds. The Morgan fingerprint density at radius 2 is 1.83 bits per heavy atom. The number of carbonyl (C=O) groups excluding carboxylic acids is 1. The van der Waals surface area contributed by atoms with Gasteiger partial charge in [-0.1, -0.05) is 0 Å². The quantitative estimate of drug-likeness (QED) is 0.683. The zero-order chi connectivity index (χ0) is 17.8. The van der Waals surface area contributed by atoms with Crippen molar-refractivity contribution in [1.29, 1.82) is 0 Å². The van der Waals surface area contributed by atoms with E-state index < -0.39 is 47.9 Å². The Hall–Kier alpha value is -1.27. The van der Waals surface area contributed by atoms with Crippen LogP contribution in [0.5, 0.6) is 0 Å². The second kappa shape index (κ2) is 7.53. The molecule has 0 heterocycles. The van der Waals surface area contributed by atoms with E-state index in [9.17, 15) is 27.9 Å². The lowest BCUT2D eigenvalue weighted by atomic mass is 9.72. The number of carbonyl (C=O) groups is 2. The van der Waals surface area contributed by atoms with Crippen LogP contribution in [0.15, 0.2) is 0 Å². The Kier molecular flexibility index (Phi) is 6.48. The van der Waals surface area contributed by atoms with Crippen LogP contribution in [0, 0.1) is 17.8 Å². The first-order chi connectivity index (χ1) is 10.4. The van der Waals surface area contributed by atoms with Gasteiger partial charge in [-0.15, -0.1) is 0 Å². The lowest BCUT2D eigenvalue weighted by Crippen LogP contribution is -2.41. The number of ether oxygens (including phenoxy) is 1. The summed E-state index contributed by atoms with van der Waals surface area (Å²) in [5.74, 6) is -7.22. The molecule has 0 radical (unpaired) electrons. The summed E-state index contributed by atoms with van der Waals surface area (Å²) in [6, 6.07) is 0. The van der Waals surface area contributed by atoms with Crippen molar-refractivity contribution in [3.63, 3.8) is 0 Å². The molecule has 23 heavy (non-hydrogen) atoms. The van der Waals surface area contributed by atoms with E-state index in [4.69, 9.17) is 4.74 Å². The van der Waals surface area contributed by atoms with Crippen LogP contribution in [-0.4, -0.2) is 35.2 Å². The summed E-state index contributed by atoms with van der Waals surface area (Å²) in [5, 5.41) is 9.35. The number of rotatable bonds is 8. The highest BCUT2D eigenvalue weighted by Crippen LogP contribution is 2.46. The van der Waals surface area contributed by atoms with Crippen molar-refractivity contribution < 1.29 is 32.6 Å². The van der Waals surface area contributed by atoms with E-state index in [1.165, 1.54) is 0 Å². The van der Waals surface area contributed by atoms with Gasteiger partial charge in [-0.3, -0.25) is 14.0 Å². The fraction of sp³-hybridized carbons (Fsp3) is 0.875. The molecule has 1 aliphatic carbocycles. The molecule has 0 spiro atoms. The van der Waals surface area contributed by atoms with Crippen LogP contribution in [0.2, 0.25) is 0 Å². The molecular formula is C16H25F3O4. The molecule has 0 aromatic carbocycles. The lowest BCUT2D eigenvalue weighted by molar-refractivity contribution is -0.171.